The molecule has 0 amide bonds. The van der Waals surface area contributed by atoms with E-state index in [1.807, 2.05) is 0 Å². The topological polar surface area (TPSA) is 41.6 Å². The first kappa shape index (κ1) is 8.57. The summed E-state index contributed by atoms with van der Waals surface area (Å²) in [5.41, 5.74) is 6.24. The van der Waals surface area contributed by atoms with E-state index < -0.39 is 0 Å². The second kappa shape index (κ2) is 2.65. The average molecular weight is 193 g/mol. The highest BCUT2D eigenvalue weighted by Gasteiger charge is 2.50. The van der Waals surface area contributed by atoms with Gasteiger partial charge in [-0.25, -0.2) is 0 Å². The third-order valence-electron chi connectivity index (χ3n) is 4.05. The van der Waals surface area contributed by atoms with Crippen LogP contribution in [0.25, 0.3) is 0 Å². The minimum atomic E-state index is 0.271. The zero-order chi connectivity index (χ0) is 9.76. The van der Waals surface area contributed by atoms with Crippen molar-refractivity contribution in [1.29, 1.82) is 0 Å². The van der Waals surface area contributed by atoms with Gasteiger partial charge >= 0.3 is 0 Å². The molecule has 3 nitrogen and oxygen atoms in total. The van der Waals surface area contributed by atoms with Gasteiger partial charge in [-0.15, -0.1) is 0 Å². The van der Waals surface area contributed by atoms with E-state index in [4.69, 9.17) is 5.73 Å². The summed E-state index contributed by atoms with van der Waals surface area (Å²) in [6.07, 6.45) is 5.54. The Kier molecular flexibility index (Phi) is 1.62. The van der Waals surface area contributed by atoms with Crippen LogP contribution < -0.4 is 5.73 Å². The Morgan fingerprint density at radius 3 is 2.71 bits per heavy atom. The molecule has 1 atom stereocenters. The van der Waals surface area contributed by atoms with Gasteiger partial charge < -0.3 is 10.6 Å². The van der Waals surface area contributed by atoms with Crippen LogP contribution in [0.2, 0.25) is 0 Å². The third kappa shape index (κ3) is 1.22. The van der Waals surface area contributed by atoms with Gasteiger partial charge in [-0.05, 0) is 44.4 Å². The van der Waals surface area contributed by atoms with E-state index in [9.17, 15) is 0 Å². The lowest BCUT2D eigenvalue weighted by Gasteiger charge is -2.36. The van der Waals surface area contributed by atoms with Crippen molar-refractivity contribution in [3.63, 3.8) is 0 Å². The molecule has 3 aliphatic rings. The van der Waals surface area contributed by atoms with Crippen molar-refractivity contribution in [1.82, 2.24) is 4.90 Å². The standard InChI is InChI=1S/C11H19N3/c1-11(9-4-5-9)7-13-10(12)14(11)6-8-2-3-8/h8-9H,2-7H2,1H3,(H2,12,13). The maximum absolute atomic E-state index is 5.97. The molecule has 3 heteroatoms. The van der Waals surface area contributed by atoms with Crippen molar-refractivity contribution in [2.45, 2.75) is 38.1 Å². The van der Waals surface area contributed by atoms with E-state index in [0.29, 0.717) is 0 Å². The first-order valence-corrected chi connectivity index (χ1v) is 5.78. The van der Waals surface area contributed by atoms with E-state index in [2.05, 4.69) is 16.8 Å². The number of nitrogens with two attached hydrogens (primary N) is 1. The van der Waals surface area contributed by atoms with Crippen LogP contribution in [0.3, 0.4) is 0 Å². The molecule has 14 heavy (non-hydrogen) atoms. The zero-order valence-electron chi connectivity index (χ0n) is 8.87. The summed E-state index contributed by atoms with van der Waals surface area (Å²) in [6, 6.07) is 0. The highest BCUT2D eigenvalue weighted by molar-refractivity contribution is 5.81. The first-order valence-electron chi connectivity index (χ1n) is 5.78. The molecule has 0 saturated heterocycles. The Hall–Kier alpha value is -0.730. The third-order valence-corrected chi connectivity index (χ3v) is 4.05. The molecule has 2 N–H and O–H groups in total. The molecule has 2 aliphatic carbocycles. The van der Waals surface area contributed by atoms with E-state index >= 15 is 0 Å². The zero-order valence-corrected chi connectivity index (χ0v) is 8.87. The summed E-state index contributed by atoms with van der Waals surface area (Å²) >= 11 is 0. The largest absolute Gasteiger partial charge is 0.370 e. The van der Waals surface area contributed by atoms with Gasteiger partial charge in [-0.2, -0.15) is 0 Å². The van der Waals surface area contributed by atoms with E-state index in [1.54, 1.807) is 0 Å². The molecule has 0 bridgehead atoms. The molecular formula is C11H19N3. The molecule has 0 aromatic heterocycles. The lowest BCUT2D eigenvalue weighted by atomic mass is 9.94. The van der Waals surface area contributed by atoms with Gasteiger partial charge in [0.15, 0.2) is 5.96 Å². The minimum absolute atomic E-state index is 0.271. The molecule has 3 rings (SSSR count). The lowest BCUT2D eigenvalue weighted by molar-refractivity contribution is 0.185. The monoisotopic (exact) mass is 193 g/mol. The van der Waals surface area contributed by atoms with Gasteiger partial charge in [-0.3, -0.25) is 4.99 Å². The molecule has 0 radical (unpaired) electrons. The molecule has 0 spiro atoms. The van der Waals surface area contributed by atoms with Crippen molar-refractivity contribution >= 4 is 5.96 Å². The highest BCUT2D eigenvalue weighted by Crippen LogP contribution is 2.46. The van der Waals surface area contributed by atoms with Crippen molar-refractivity contribution < 1.29 is 0 Å². The number of rotatable bonds is 3. The van der Waals surface area contributed by atoms with Crippen LogP contribution >= 0.6 is 0 Å². The van der Waals surface area contributed by atoms with E-state index in [-0.39, 0.29) is 5.54 Å². The Morgan fingerprint density at radius 1 is 1.43 bits per heavy atom. The summed E-state index contributed by atoms with van der Waals surface area (Å²) in [6.45, 7) is 4.43. The predicted molar refractivity (Wildman–Crippen MR) is 57.0 cm³/mol. The molecule has 0 aromatic carbocycles. The minimum Gasteiger partial charge on any atom is -0.370 e. The van der Waals surface area contributed by atoms with Gasteiger partial charge in [0.2, 0.25) is 0 Å². The molecule has 1 heterocycles. The molecule has 1 aliphatic heterocycles. The lowest BCUT2D eigenvalue weighted by Crippen LogP contribution is -2.51. The van der Waals surface area contributed by atoms with E-state index in [1.165, 1.54) is 25.7 Å². The van der Waals surface area contributed by atoms with Crippen LogP contribution in [0.15, 0.2) is 4.99 Å². The van der Waals surface area contributed by atoms with Gasteiger partial charge in [0, 0.05) is 6.54 Å². The number of nitrogens with zero attached hydrogens (tertiary/aromatic N) is 2. The van der Waals surface area contributed by atoms with Crippen LogP contribution in [0.4, 0.5) is 0 Å². The van der Waals surface area contributed by atoms with Gasteiger partial charge in [-0.1, -0.05) is 0 Å². The number of hydrogen-bond donors (Lipinski definition) is 1. The number of aliphatic imine (C=N–C) groups is 1. The highest BCUT2D eigenvalue weighted by atomic mass is 15.4. The molecule has 0 aromatic rings. The Morgan fingerprint density at radius 2 is 2.14 bits per heavy atom. The first-order chi connectivity index (χ1) is 6.70. The number of hydrogen-bond acceptors (Lipinski definition) is 3. The Bertz CT molecular complexity index is 278. The fourth-order valence-corrected chi connectivity index (χ4v) is 2.59. The summed E-state index contributed by atoms with van der Waals surface area (Å²) < 4.78 is 0. The van der Waals surface area contributed by atoms with Gasteiger partial charge in [0.25, 0.3) is 0 Å². The summed E-state index contributed by atoms with van der Waals surface area (Å²) in [4.78, 5) is 6.82. The Balaban J connectivity index is 1.77. The van der Waals surface area contributed by atoms with Crippen LogP contribution in [-0.4, -0.2) is 29.5 Å². The van der Waals surface area contributed by atoms with Crippen molar-refractivity contribution in [3.05, 3.63) is 0 Å². The maximum Gasteiger partial charge on any atom is 0.191 e. The second-order valence-corrected chi connectivity index (χ2v) is 5.36. The second-order valence-electron chi connectivity index (χ2n) is 5.36. The molecule has 78 valence electrons. The van der Waals surface area contributed by atoms with Crippen molar-refractivity contribution in [2.75, 3.05) is 13.1 Å². The number of guanidine groups is 1. The van der Waals surface area contributed by atoms with Gasteiger partial charge in [0.1, 0.15) is 0 Å². The van der Waals surface area contributed by atoms with Crippen LogP contribution in [0, 0.1) is 11.8 Å². The maximum atomic E-state index is 5.97. The average Bonchev–Trinajstić information content (AvgIpc) is 3.02. The molecule has 1 unspecified atom stereocenters. The fraction of sp³-hybridized carbons (Fsp3) is 0.909. The predicted octanol–water partition coefficient (Wildman–Crippen LogP) is 1.20. The summed E-state index contributed by atoms with van der Waals surface area (Å²) in [5.74, 6) is 2.55. The van der Waals surface area contributed by atoms with Crippen LogP contribution in [0.5, 0.6) is 0 Å². The van der Waals surface area contributed by atoms with Crippen LogP contribution in [0.1, 0.15) is 32.6 Å². The smallest absolute Gasteiger partial charge is 0.191 e. The summed E-state index contributed by atoms with van der Waals surface area (Å²) in [5, 5.41) is 0. The van der Waals surface area contributed by atoms with Crippen LogP contribution in [-0.2, 0) is 0 Å². The fourth-order valence-electron chi connectivity index (χ4n) is 2.59. The van der Waals surface area contributed by atoms with Crippen molar-refractivity contribution in [3.8, 4) is 0 Å². The SMILES string of the molecule is CC1(C2CC2)CN=C(N)N1CC1CC1. The van der Waals surface area contributed by atoms with Gasteiger partial charge in [0.05, 0.1) is 12.1 Å². The molecule has 2 fully saturated rings. The molecular weight excluding hydrogens is 174 g/mol. The summed E-state index contributed by atoms with van der Waals surface area (Å²) in [7, 11) is 0. The Labute approximate surface area is 85.4 Å². The van der Waals surface area contributed by atoms with E-state index in [0.717, 1.165) is 30.9 Å². The molecule has 2 saturated carbocycles. The van der Waals surface area contributed by atoms with Crippen molar-refractivity contribution in [2.24, 2.45) is 22.6 Å². The quantitative estimate of drug-likeness (QED) is 0.731. The normalized spacial score (nSPS) is 37.5.